The Kier molecular flexibility index (Phi) is 10.2. The molecule has 0 saturated carbocycles. The summed E-state index contributed by atoms with van der Waals surface area (Å²) < 4.78 is 12.6. The van der Waals surface area contributed by atoms with E-state index in [0.717, 1.165) is 22.3 Å². The van der Waals surface area contributed by atoms with Crippen molar-refractivity contribution in [1.29, 1.82) is 0 Å². The summed E-state index contributed by atoms with van der Waals surface area (Å²) in [5.41, 5.74) is 5.28. The van der Waals surface area contributed by atoms with E-state index in [9.17, 15) is 14.7 Å². The van der Waals surface area contributed by atoms with Crippen molar-refractivity contribution in [3.63, 3.8) is 0 Å². The van der Waals surface area contributed by atoms with E-state index in [4.69, 9.17) is 9.47 Å². The van der Waals surface area contributed by atoms with Gasteiger partial charge in [0.05, 0.1) is 11.6 Å². The highest BCUT2D eigenvalue weighted by atomic mass is 32.2. The number of Topliss-reactive ketones (excluding diaryl/α,β-unsaturated/α-hetero) is 1. The third-order valence-corrected chi connectivity index (χ3v) is 10.4. The Morgan fingerprint density at radius 3 is 2.02 bits per heavy atom. The molecule has 51 heavy (non-hydrogen) atoms. The number of aromatic nitrogens is 2. The number of hydrogen-bond donors (Lipinski definition) is 1. The van der Waals surface area contributed by atoms with E-state index in [1.807, 2.05) is 85.8 Å². The topological polar surface area (TPSA) is 102 Å². The maximum Gasteiger partial charge on any atom is 0.301 e. The van der Waals surface area contributed by atoms with Gasteiger partial charge in [-0.25, -0.2) is 0 Å². The number of aliphatic hydroxyl groups is 1. The first-order valence-electron chi connectivity index (χ1n) is 16.3. The minimum atomic E-state index is -0.953. The van der Waals surface area contributed by atoms with Crippen LogP contribution in [0.5, 0.6) is 11.5 Å². The molecule has 8 nitrogen and oxygen atoms in total. The minimum absolute atomic E-state index is 0.0416. The lowest BCUT2D eigenvalue weighted by Gasteiger charge is -2.22. The number of rotatable bonds is 12. The summed E-state index contributed by atoms with van der Waals surface area (Å²) in [6, 6.07) is 40.9. The molecule has 7 rings (SSSR count). The van der Waals surface area contributed by atoms with Gasteiger partial charge in [-0.1, -0.05) is 126 Å². The second kappa shape index (κ2) is 15.5. The predicted molar refractivity (Wildman–Crippen MR) is 200 cm³/mol. The summed E-state index contributed by atoms with van der Waals surface area (Å²) in [5.74, 6) is 0.00285. The van der Waals surface area contributed by atoms with Gasteiger partial charge in [-0.2, -0.15) is 0 Å². The second-order valence-corrected chi connectivity index (χ2v) is 14.1. The highest BCUT2D eigenvalue weighted by molar-refractivity contribution is 8.00. The lowest BCUT2D eigenvalue weighted by atomic mass is 9.95. The molecule has 1 unspecified atom stereocenters. The molecule has 6 aromatic rings. The fourth-order valence-corrected chi connectivity index (χ4v) is 7.57. The molecule has 5 aromatic carbocycles. The predicted octanol–water partition coefficient (Wildman–Crippen LogP) is 8.92. The molecule has 1 aliphatic rings. The van der Waals surface area contributed by atoms with Crippen LogP contribution in [-0.2, 0) is 28.6 Å². The van der Waals surface area contributed by atoms with Crippen LogP contribution in [0.4, 0.5) is 5.13 Å². The monoisotopic (exact) mass is 711 g/mol. The van der Waals surface area contributed by atoms with Gasteiger partial charge in [0.15, 0.2) is 4.34 Å². The number of ether oxygens (including phenoxy) is 2. The molecule has 1 saturated heterocycles. The molecule has 0 radical (unpaired) electrons. The Hall–Kier alpha value is -5.71. The maximum absolute atomic E-state index is 13.8. The van der Waals surface area contributed by atoms with Crippen LogP contribution < -0.4 is 14.4 Å². The smallest absolute Gasteiger partial charge is 0.301 e. The van der Waals surface area contributed by atoms with Crippen LogP contribution in [0.3, 0.4) is 0 Å². The van der Waals surface area contributed by atoms with Crippen LogP contribution >= 0.6 is 23.1 Å². The van der Waals surface area contributed by atoms with Crippen LogP contribution in [0, 0.1) is 6.92 Å². The van der Waals surface area contributed by atoms with Crippen LogP contribution in [0.15, 0.2) is 143 Å². The van der Waals surface area contributed by atoms with Crippen molar-refractivity contribution in [3.05, 3.63) is 172 Å². The van der Waals surface area contributed by atoms with Gasteiger partial charge >= 0.3 is 5.91 Å². The van der Waals surface area contributed by atoms with E-state index >= 15 is 0 Å². The Bertz CT molecular complexity index is 2170. The summed E-state index contributed by atoms with van der Waals surface area (Å²) in [4.78, 5) is 28.9. The van der Waals surface area contributed by atoms with E-state index in [0.29, 0.717) is 45.9 Å². The molecule has 0 spiro atoms. The lowest BCUT2D eigenvalue weighted by molar-refractivity contribution is -0.132. The van der Waals surface area contributed by atoms with E-state index in [1.165, 1.54) is 28.0 Å². The van der Waals surface area contributed by atoms with Gasteiger partial charge in [0.2, 0.25) is 5.13 Å². The van der Waals surface area contributed by atoms with Crippen LogP contribution in [0.2, 0.25) is 0 Å². The van der Waals surface area contributed by atoms with E-state index in [2.05, 4.69) is 16.3 Å². The Morgan fingerprint density at radius 1 is 0.745 bits per heavy atom. The zero-order valence-electron chi connectivity index (χ0n) is 27.6. The van der Waals surface area contributed by atoms with Crippen molar-refractivity contribution < 1.29 is 24.2 Å². The van der Waals surface area contributed by atoms with Crippen molar-refractivity contribution >= 4 is 45.7 Å². The number of hydrogen-bond acceptors (Lipinski definition) is 9. The first-order valence-corrected chi connectivity index (χ1v) is 18.1. The average Bonchev–Trinajstić information content (AvgIpc) is 3.74. The molecule has 1 aromatic heterocycles. The lowest BCUT2D eigenvalue weighted by Crippen LogP contribution is -2.29. The van der Waals surface area contributed by atoms with E-state index < -0.39 is 17.7 Å². The number of thioether (sulfide) groups is 1. The molecule has 0 aliphatic carbocycles. The number of nitrogens with zero attached hydrogens (tertiary/aromatic N) is 3. The quantitative estimate of drug-likeness (QED) is 0.0442. The van der Waals surface area contributed by atoms with Gasteiger partial charge in [0.25, 0.3) is 5.78 Å². The molecule has 1 N–H and O–H groups in total. The van der Waals surface area contributed by atoms with Crippen LogP contribution in [-0.4, -0.2) is 27.0 Å². The van der Waals surface area contributed by atoms with Gasteiger partial charge < -0.3 is 14.6 Å². The molecule has 1 aliphatic heterocycles. The highest BCUT2D eigenvalue weighted by Gasteiger charge is 2.48. The van der Waals surface area contributed by atoms with Gasteiger partial charge in [-0.05, 0) is 65.6 Å². The summed E-state index contributed by atoms with van der Waals surface area (Å²) in [5, 5.41) is 20.6. The first-order chi connectivity index (χ1) is 24.9. The minimum Gasteiger partial charge on any atom is -0.507 e. The molecule has 1 atom stereocenters. The number of ketones is 1. The third-order valence-electron chi connectivity index (χ3n) is 8.31. The van der Waals surface area contributed by atoms with Gasteiger partial charge in [-0.3, -0.25) is 14.5 Å². The molecule has 254 valence electrons. The van der Waals surface area contributed by atoms with Crippen molar-refractivity contribution in [2.75, 3.05) is 4.90 Å². The van der Waals surface area contributed by atoms with Crippen LogP contribution in [0.1, 0.15) is 39.4 Å². The molecule has 1 amide bonds. The summed E-state index contributed by atoms with van der Waals surface area (Å²) in [6.07, 6.45) is 0. The molecule has 2 heterocycles. The van der Waals surface area contributed by atoms with Gasteiger partial charge in [0, 0.05) is 11.3 Å². The molecular weight excluding hydrogens is 679 g/mol. The fourth-order valence-electron chi connectivity index (χ4n) is 5.74. The molecule has 10 heteroatoms. The molecule has 0 bridgehead atoms. The van der Waals surface area contributed by atoms with Crippen molar-refractivity contribution in [3.8, 4) is 11.5 Å². The number of aryl methyl sites for hydroxylation is 1. The standard InChI is InChI=1S/C41H33N3O5S2/c1-27-9-8-14-30(23-27)25-49-34-21-17-32(18-22-34)37(45)35-36(31-15-19-33(20-16-31)48-24-28-10-4-2-5-11-28)44(39(47)38(35)46)40-42-43-41(51-40)50-26-29-12-6-3-7-13-29/h2-23,36,45H,24-26H2,1H3/b37-35+. The Labute approximate surface area is 304 Å². The highest BCUT2D eigenvalue weighted by Crippen LogP contribution is 2.44. The normalized spacial score (nSPS) is 15.2. The summed E-state index contributed by atoms with van der Waals surface area (Å²) >= 11 is 2.72. The number of benzene rings is 5. The summed E-state index contributed by atoms with van der Waals surface area (Å²) in [7, 11) is 0. The second-order valence-electron chi connectivity index (χ2n) is 11.9. The maximum atomic E-state index is 13.8. The Balaban J connectivity index is 1.18. The van der Waals surface area contributed by atoms with Crippen molar-refractivity contribution in [1.82, 2.24) is 10.2 Å². The van der Waals surface area contributed by atoms with Crippen molar-refractivity contribution in [2.45, 2.75) is 36.3 Å². The number of carbonyl (C=O) groups is 2. The first kappa shape index (κ1) is 33.8. The largest absolute Gasteiger partial charge is 0.507 e. The average molecular weight is 712 g/mol. The molecule has 1 fully saturated rings. The molecular formula is C41H33N3O5S2. The number of amides is 1. The number of carbonyl (C=O) groups excluding carboxylic acids is 2. The summed E-state index contributed by atoms with van der Waals surface area (Å²) in [6.45, 7) is 2.80. The fraction of sp³-hybridized carbons (Fsp3) is 0.122. The van der Waals surface area contributed by atoms with Gasteiger partial charge in [-0.15, -0.1) is 10.2 Å². The zero-order chi connectivity index (χ0) is 35.2. The van der Waals surface area contributed by atoms with E-state index in [1.54, 1.807) is 48.5 Å². The Morgan fingerprint density at radius 2 is 1.35 bits per heavy atom. The van der Waals surface area contributed by atoms with Gasteiger partial charge in [0.1, 0.15) is 30.5 Å². The zero-order valence-corrected chi connectivity index (χ0v) is 29.3. The van der Waals surface area contributed by atoms with E-state index in [-0.39, 0.29) is 16.5 Å². The number of anilines is 1. The van der Waals surface area contributed by atoms with Crippen LogP contribution in [0.25, 0.3) is 5.76 Å². The number of aliphatic hydroxyl groups excluding tert-OH is 1. The SMILES string of the molecule is Cc1cccc(COc2ccc(/C(O)=C3\C(=O)C(=O)N(c4nnc(SCc5ccccc5)s4)C3c3ccc(OCc4ccccc4)cc3)cc2)c1. The van der Waals surface area contributed by atoms with Crippen molar-refractivity contribution in [2.24, 2.45) is 0 Å². The third kappa shape index (κ3) is 7.88.